The Morgan fingerprint density at radius 2 is 1.78 bits per heavy atom. The van der Waals surface area contributed by atoms with Crippen molar-refractivity contribution in [2.24, 2.45) is 11.0 Å². The van der Waals surface area contributed by atoms with E-state index in [0.717, 1.165) is 0 Å². The van der Waals surface area contributed by atoms with E-state index in [1.165, 1.54) is 6.21 Å². The number of nitrogens with zero attached hydrogens (tertiary/aromatic N) is 1. The van der Waals surface area contributed by atoms with Crippen molar-refractivity contribution in [3.05, 3.63) is 56.1 Å². The fourth-order valence-corrected chi connectivity index (χ4v) is 3.91. The van der Waals surface area contributed by atoms with Crippen LogP contribution in [0.5, 0.6) is 11.5 Å². The van der Waals surface area contributed by atoms with Crippen molar-refractivity contribution in [1.29, 1.82) is 0 Å². The first-order valence-electron chi connectivity index (χ1n) is 11.3. The highest BCUT2D eigenvalue weighted by Gasteiger charge is 2.24. The standard InChI is InChI=1S/C25H29ClIN3O6/c1-5-34-20-12-16(11-19(27)23(20)36-14-21(31)35-6-2)13-28-30-25(33)22(15(3)4)29-24(32)17-7-9-18(26)10-8-17/h7-13,15,22H,5-6,14H2,1-4H3,(H,29,32)(H,30,33). The second-order valence-electron chi connectivity index (χ2n) is 7.79. The van der Waals surface area contributed by atoms with Gasteiger partial charge >= 0.3 is 5.97 Å². The summed E-state index contributed by atoms with van der Waals surface area (Å²) in [6.07, 6.45) is 1.45. The molecular formula is C25H29ClIN3O6. The lowest BCUT2D eigenvalue weighted by atomic mass is 10.0. The first-order chi connectivity index (χ1) is 17.2. The molecule has 1 unspecified atom stereocenters. The minimum absolute atomic E-state index is 0.183. The summed E-state index contributed by atoms with van der Waals surface area (Å²) in [5.41, 5.74) is 3.51. The van der Waals surface area contributed by atoms with E-state index in [0.29, 0.717) is 37.8 Å². The van der Waals surface area contributed by atoms with Crippen LogP contribution in [0.3, 0.4) is 0 Å². The van der Waals surface area contributed by atoms with Gasteiger partial charge in [-0.2, -0.15) is 5.10 Å². The molecule has 0 saturated carbocycles. The summed E-state index contributed by atoms with van der Waals surface area (Å²) < 4.78 is 16.8. The predicted molar refractivity (Wildman–Crippen MR) is 146 cm³/mol. The van der Waals surface area contributed by atoms with E-state index < -0.39 is 17.9 Å². The molecule has 0 radical (unpaired) electrons. The molecule has 0 aliphatic heterocycles. The number of hydrazone groups is 1. The Labute approximate surface area is 229 Å². The summed E-state index contributed by atoms with van der Waals surface area (Å²) in [7, 11) is 0. The zero-order valence-corrected chi connectivity index (χ0v) is 23.4. The molecule has 194 valence electrons. The molecule has 0 saturated heterocycles. The molecule has 0 fully saturated rings. The summed E-state index contributed by atoms with van der Waals surface area (Å²) in [6.45, 7) is 7.59. The fraction of sp³-hybridized carbons (Fsp3) is 0.360. The molecule has 2 amide bonds. The van der Waals surface area contributed by atoms with Crippen molar-refractivity contribution in [3.8, 4) is 11.5 Å². The Balaban J connectivity index is 2.09. The maximum atomic E-state index is 12.7. The molecule has 9 nitrogen and oxygen atoms in total. The SMILES string of the molecule is CCOC(=O)COc1c(I)cc(C=NNC(=O)C(NC(=O)c2ccc(Cl)cc2)C(C)C)cc1OCC. The highest BCUT2D eigenvalue weighted by atomic mass is 127. The van der Waals surface area contributed by atoms with Gasteiger partial charge in [-0.1, -0.05) is 25.4 Å². The largest absolute Gasteiger partial charge is 0.490 e. The van der Waals surface area contributed by atoms with Gasteiger partial charge in [0.2, 0.25) is 0 Å². The van der Waals surface area contributed by atoms with Crippen molar-refractivity contribution in [3.63, 3.8) is 0 Å². The summed E-state index contributed by atoms with van der Waals surface area (Å²) >= 11 is 7.93. The van der Waals surface area contributed by atoms with Crippen LogP contribution in [-0.2, 0) is 14.3 Å². The van der Waals surface area contributed by atoms with Crippen molar-refractivity contribution in [2.75, 3.05) is 19.8 Å². The highest BCUT2D eigenvalue weighted by molar-refractivity contribution is 14.1. The van der Waals surface area contributed by atoms with Gasteiger partial charge in [-0.15, -0.1) is 0 Å². The van der Waals surface area contributed by atoms with Crippen LogP contribution in [0.2, 0.25) is 5.02 Å². The average Bonchev–Trinajstić information content (AvgIpc) is 2.82. The van der Waals surface area contributed by atoms with Gasteiger partial charge in [-0.25, -0.2) is 10.2 Å². The van der Waals surface area contributed by atoms with Gasteiger partial charge in [0.1, 0.15) is 6.04 Å². The number of benzene rings is 2. The Morgan fingerprint density at radius 3 is 2.39 bits per heavy atom. The molecule has 0 spiro atoms. The number of hydrogen-bond donors (Lipinski definition) is 2. The molecule has 2 aromatic rings. The number of carbonyl (C=O) groups excluding carboxylic acids is 3. The Bertz CT molecular complexity index is 1090. The molecule has 0 aromatic heterocycles. The lowest BCUT2D eigenvalue weighted by molar-refractivity contribution is -0.145. The van der Waals surface area contributed by atoms with Crippen molar-refractivity contribution in [1.82, 2.24) is 10.7 Å². The van der Waals surface area contributed by atoms with E-state index in [1.54, 1.807) is 43.3 Å². The highest BCUT2D eigenvalue weighted by Crippen LogP contribution is 2.34. The number of hydrogen-bond acceptors (Lipinski definition) is 7. The number of esters is 1. The molecular weight excluding hydrogens is 601 g/mol. The monoisotopic (exact) mass is 629 g/mol. The van der Waals surface area contributed by atoms with Gasteiger partial charge in [-0.05, 0) is 84.3 Å². The number of rotatable bonds is 12. The Kier molecular flexibility index (Phi) is 11.9. The zero-order chi connectivity index (χ0) is 26.7. The maximum absolute atomic E-state index is 12.7. The predicted octanol–water partition coefficient (Wildman–Crippen LogP) is 4.19. The van der Waals surface area contributed by atoms with Crippen LogP contribution < -0.4 is 20.2 Å². The zero-order valence-electron chi connectivity index (χ0n) is 20.5. The van der Waals surface area contributed by atoms with E-state index in [4.69, 9.17) is 25.8 Å². The average molecular weight is 630 g/mol. The lowest BCUT2D eigenvalue weighted by Crippen LogP contribution is -2.48. The molecule has 2 aromatic carbocycles. The minimum Gasteiger partial charge on any atom is -0.490 e. The summed E-state index contributed by atoms with van der Waals surface area (Å²) in [4.78, 5) is 36.9. The molecule has 0 aliphatic carbocycles. The maximum Gasteiger partial charge on any atom is 0.344 e. The summed E-state index contributed by atoms with van der Waals surface area (Å²) in [6, 6.07) is 9.03. The van der Waals surface area contributed by atoms with Gasteiger partial charge in [0.15, 0.2) is 18.1 Å². The van der Waals surface area contributed by atoms with Gasteiger partial charge in [0, 0.05) is 10.6 Å². The third-order valence-electron chi connectivity index (χ3n) is 4.70. The molecule has 1 atom stereocenters. The number of halogens is 2. The van der Waals surface area contributed by atoms with Gasteiger partial charge in [0.25, 0.3) is 11.8 Å². The Morgan fingerprint density at radius 1 is 1.08 bits per heavy atom. The van der Waals surface area contributed by atoms with Crippen molar-refractivity contribution in [2.45, 2.75) is 33.7 Å². The topological polar surface area (TPSA) is 115 Å². The Hall–Kier alpha value is -2.86. The van der Waals surface area contributed by atoms with Gasteiger partial charge < -0.3 is 19.5 Å². The normalized spacial score (nSPS) is 11.8. The summed E-state index contributed by atoms with van der Waals surface area (Å²) in [5.74, 6) is -0.672. The second kappa shape index (κ2) is 14.6. The molecule has 2 rings (SSSR count). The van der Waals surface area contributed by atoms with E-state index in [2.05, 4.69) is 38.4 Å². The first kappa shape index (κ1) is 29.4. The molecule has 0 aliphatic rings. The van der Waals surface area contributed by atoms with Gasteiger partial charge in [-0.3, -0.25) is 9.59 Å². The molecule has 0 bridgehead atoms. The molecule has 2 N–H and O–H groups in total. The first-order valence-corrected chi connectivity index (χ1v) is 12.8. The van der Waals surface area contributed by atoms with Crippen LogP contribution in [0.15, 0.2) is 41.5 Å². The second-order valence-corrected chi connectivity index (χ2v) is 9.39. The van der Waals surface area contributed by atoms with Gasteiger partial charge in [0.05, 0.1) is 23.0 Å². The molecule has 11 heteroatoms. The quantitative estimate of drug-likeness (QED) is 0.158. The number of amides is 2. The molecule has 0 heterocycles. The van der Waals surface area contributed by atoms with Crippen molar-refractivity contribution >= 4 is 58.2 Å². The molecule has 36 heavy (non-hydrogen) atoms. The van der Waals surface area contributed by atoms with E-state index >= 15 is 0 Å². The third kappa shape index (κ3) is 8.98. The van der Waals surface area contributed by atoms with Crippen LogP contribution in [0.25, 0.3) is 0 Å². The number of ether oxygens (including phenoxy) is 3. The van der Waals surface area contributed by atoms with Crippen LogP contribution in [0.1, 0.15) is 43.6 Å². The van der Waals surface area contributed by atoms with E-state index in [9.17, 15) is 14.4 Å². The van der Waals surface area contributed by atoms with E-state index in [1.807, 2.05) is 20.8 Å². The van der Waals surface area contributed by atoms with E-state index in [-0.39, 0.29) is 25.0 Å². The number of nitrogens with one attached hydrogen (secondary N) is 2. The summed E-state index contributed by atoms with van der Waals surface area (Å²) in [5, 5.41) is 7.29. The fourth-order valence-electron chi connectivity index (χ4n) is 3.00. The van der Waals surface area contributed by atoms with Crippen LogP contribution in [-0.4, -0.2) is 49.9 Å². The van der Waals surface area contributed by atoms with Crippen LogP contribution >= 0.6 is 34.2 Å². The van der Waals surface area contributed by atoms with Crippen molar-refractivity contribution < 1.29 is 28.6 Å². The van der Waals surface area contributed by atoms with Crippen LogP contribution in [0, 0.1) is 9.49 Å². The number of carbonyl (C=O) groups is 3. The lowest BCUT2D eigenvalue weighted by Gasteiger charge is -2.20. The third-order valence-corrected chi connectivity index (χ3v) is 5.76. The minimum atomic E-state index is -0.803. The smallest absolute Gasteiger partial charge is 0.344 e. The van der Waals surface area contributed by atoms with Crippen LogP contribution in [0.4, 0.5) is 0 Å².